The third-order valence-electron chi connectivity index (χ3n) is 3.59. The molecule has 2 aliphatic heterocycles. The van der Waals surface area contributed by atoms with Gasteiger partial charge in [0.05, 0.1) is 0 Å². The summed E-state index contributed by atoms with van der Waals surface area (Å²) in [5.41, 5.74) is 0.472. The highest BCUT2D eigenvalue weighted by atomic mass is 19.3. The SMILES string of the molecule is CC[C@]12CCCN1CC(=C(F)F)C2. The molecule has 0 aromatic heterocycles. The van der Waals surface area contributed by atoms with Crippen molar-refractivity contribution in [3.63, 3.8) is 0 Å². The monoisotopic (exact) mass is 187 g/mol. The average molecular weight is 187 g/mol. The average Bonchev–Trinajstić information content (AvgIpc) is 2.58. The predicted octanol–water partition coefficient (Wildman–Crippen LogP) is 2.79. The molecule has 2 aliphatic rings. The van der Waals surface area contributed by atoms with E-state index in [0.29, 0.717) is 18.5 Å². The second-order valence-corrected chi connectivity index (χ2v) is 4.14. The van der Waals surface area contributed by atoms with Crippen molar-refractivity contribution in [2.24, 2.45) is 0 Å². The van der Waals surface area contributed by atoms with Crippen LogP contribution in [0.1, 0.15) is 32.6 Å². The van der Waals surface area contributed by atoms with Gasteiger partial charge in [-0.2, -0.15) is 8.78 Å². The van der Waals surface area contributed by atoms with E-state index in [1.807, 2.05) is 0 Å². The predicted molar refractivity (Wildman–Crippen MR) is 47.7 cm³/mol. The van der Waals surface area contributed by atoms with Gasteiger partial charge in [-0.25, -0.2) is 0 Å². The van der Waals surface area contributed by atoms with Gasteiger partial charge < -0.3 is 0 Å². The number of nitrogens with zero attached hydrogens (tertiary/aromatic N) is 1. The van der Waals surface area contributed by atoms with Gasteiger partial charge in [0.1, 0.15) is 0 Å². The zero-order valence-electron chi connectivity index (χ0n) is 7.95. The van der Waals surface area contributed by atoms with E-state index in [9.17, 15) is 8.78 Å². The molecule has 0 saturated carbocycles. The Morgan fingerprint density at radius 2 is 2.31 bits per heavy atom. The Kier molecular flexibility index (Phi) is 2.14. The highest BCUT2D eigenvalue weighted by Crippen LogP contribution is 2.44. The lowest BCUT2D eigenvalue weighted by molar-refractivity contribution is 0.189. The lowest BCUT2D eigenvalue weighted by Gasteiger charge is -2.29. The molecule has 13 heavy (non-hydrogen) atoms. The molecule has 1 atom stereocenters. The summed E-state index contributed by atoms with van der Waals surface area (Å²) in [6, 6.07) is 0. The Balaban J connectivity index is 2.23. The van der Waals surface area contributed by atoms with E-state index in [-0.39, 0.29) is 5.54 Å². The quantitative estimate of drug-likeness (QED) is 0.610. The molecule has 0 aliphatic carbocycles. The molecule has 2 saturated heterocycles. The third-order valence-corrected chi connectivity index (χ3v) is 3.59. The molecule has 0 aromatic carbocycles. The molecular formula is C10H15F2N. The van der Waals surface area contributed by atoms with E-state index in [1.165, 1.54) is 6.42 Å². The maximum atomic E-state index is 12.4. The molecule has 0 bridgehead atoms. The van der Waals surface area contributed by atoms with Crippen LogP contribution in [0.15, 0.2) is 11.7 Å². The molecular weight excluding hydrogens is 172 g/mol. The van der Waals surface area contributed by atoms with Crippen LogP contribution in [-0.4, -0.2) is 23.5 Å². The Morgan fingerprint density at radius 1 is 1.54 bits per heavy atom. The van der Waals surface area contributed by atoms with Crippen molar-refractivity contribution < 1.29 is 8.78 Å². The fourth-order valence-electron chi connectivity index (χ4n) is 2.78. The van der Waals surface area contributed by atoms with Crippen LogP contribution in [0.25, 0.3) is 0 Å². The van der Waals surface area contributed by atoms with Crippen LogP contribution >= 0.6 is 0 Å². The van der Waals surface area contributed by atoms with Crippen molar-refractivity contribution in [2.45, 2.75) is 38.1 Å². The number of fused-ring (bicyclic) bond motifs is 1. The van der Waals surface area contributed by atoms with Crippen LogP contribution in [0.5, 0.6) is 0 Å². The minimum Gasteiger partial charge on any atom is -0.293 e. The van der Waals surface area contributed by atoms with Gasteiger partial charge in [0.2, 0.25) is 0 Å². The summed E-state index contributed by atoms with van der Waals surface area (Å²) in [5.74, 6) is 0. The van der Waals surface area contributed by atoms with Crippen LogP contribution in [0, 0.1) is 0 Å². The molecule has 3 heteroatoms. The van der Waals surface area contributed by atoms with Gasteiger partial charge in [-0.05, 0) is 32.2 Å². The second kappa shape index (κ2) is 3.05. The largest absolute Gasteiger partial charge is 0.293 e. The second-order valence-electron chi connectivity index (χ2n) is 4.14. The Labute approximate surface area is 77.4 Å². The highest BCUT2D eigenvalue weighted by molar-refractivity contribution is 5.20. The van der Waals surface area contributed by atoms with Crippen molar-refractivity contribution in [3.05, 3.63) is 11.7 Å². The smallest absolute Gasteiger partial charge is 0.270 e. The minimum atomic E-state index is -1.44. The number of rotatable bonds is 1. The minimum absolute atomic E-state index is 0.0960. The Bertz CT molecular complexity index is 245. The topological polar surface area (TPSA) is 3.24 Å². The van der Waals surface area contributed by atoms with Gasteiger partial charge >= 0.3 is 0 Å². The lowest BCUT2D eigenvalue weighted by atomic mass is 9.90. The maximum Gasteiger partial charge on any atom is 0.270 e. The van der Waals surface area contributed by atoms with Crippen LogP contribution in [0.3, 0.4) is 0 Å². The zero-order valence-corrected chi connectivity index (χ0v) is 7.95. The molecule has 74 valence electrons. The fourth-order valence-corrected chi connectivity index (χ4v) is 2.78. The molecule has 0 spiro atoms. The van der Waals surface area contributed by atoms with Gasteiger partial charge in [-0.1, -0.05) is 6.92 Å². The van der Waals surface area contributed by atoms with Gasteiger partial charge in [-0.3, -0.25) is 4.90 Å². The molecule has 2 fully saturated rings. The molecule has 1 nitrogen and oxygen atoms in total. The van der Waals surface area contributed by atoms with Gasteiger partial charge in [0, 0.05) is 17.7 Å². The normalized spacial score (nSPS) is 33.9. The third kappa shape index (κ3) is 1.30. The number of hydrogen-bond acceptors (Lipinski definition) is 1. The first kappa shape index (κ1) is 9.13. The summed E-state index contributed by atoms with van der Waals surface area (Å²) < 4.78 is 24.8. The van der Waals surface area contributed by atoms with E-state index in [2.05, 4.69) is 11.8 Å². The first-order valence-electron chi connectivity index (χ1n) is 4.96. The molecule has 0 unspecified atom stereocenters. The molecule has 0 radical (unpaired) electrons. The highest BCUT2D eigenvalue weighted by Gasteiger charge is 2.45. The standard InChI is InChI=1S/C10H15F2N/c1-2-10-4-3-5-13(10)7-8(6-10)9(11)12/h2-7H2,1H3/t10-/m1/s1. The number of hydrogen-bond donors (Lipinski definition) is 0. The van der Waals surface area contributed by atoms with Crippen molar-refractivity contribution in [1.82, 2.24) is 4.90 Å². The molecule has 0 amide bonds. The molecule has 0 aromatic rings. The summed E-state index contributed by atoms with van der Waals surface area (Å²) in [7, 11) is 0. The number of halogens is 2. The summed E-state index contributed by atoms with van der Waals surface area (Å²) >= 11 is 0. The van der Waals surface area contributed by atoms with Gasteiger partial charge in [0.25, 0.3) is 6.08 Å². The van der Waals surface area contributed by atoms with Gasteiger partial charge in [0.15, 0.2) is 0 Å². The van der Waals surface area contributed by atoms with E-state index in [1.54, 1.807) is 0 Å². The Morgan fingerprint density at radius 3 is 2.85 bits per heavy atom. The molecule has 2 heterocycles. The maximum absolute atomic E-state index is 12.4. The van der Waals surface area contributed by atoms with Crippen LogP contribution < -0.4 is 0 Å². The lowest BCUT2D eigenvalue weighted by Crippen LogP contribution is -2.37. The zero-order chi connectivity index (χ0) is 9.47. The molecule has 0 N–H and O–H groups in total. The van der Waals surface area contributed by atoms with Gasteiger partial charge in [-0.15, -0.1) is 0 Å². The summed E-state index contributed by atoms with van der Waals surface area (Å²) in [6.07, 6.45) is 2.44. The van der Waals surface area contributed by atoms with E-state index < -0.39 is 6.08 Å². The van der Waals surface area contributed by atoms with Crippen LogP contribution in [-0.2, 0) is 0 Å². The summed E-state index contributed by atoms with van der Waals surface area (Å²) in [5, 5.41) is 0. The molecule has 2 rings (SSSR count). The van der Waals surface area contributed by atoms with Crippen molar-refractivity contribution >= 4 is 0 Å². The van der Waals surface area contributed by atoms with E-state index in [0.717, 1.165) is 19.4 Å². The van der Waals surface area contributed by atoms with Crippen molar-refractivity contribution in [1.29, 1.82) is 0 Å². The Hall–Kier alpha value is -0.440. The van der Waals surface area contributed by atoms with Crippen molar-refractivity contribution in [2.75, 3.05) is 13.1 Å². The fraction of sp³-hybridized carbons (Fsp3) is 0.800. The first-order chi connectivity index (χ1) is 6.18. The first-order valence-corrected chi connectivity index (χ1v) is 4.96. The van der Waals surface area contributed by atoms with Crippen LogP contribution in [0.4, 0.5) is 8.78 Å². The summed E-state index contributed by atoms with van der Waals surface area (Å²) in [4.78, 5) is 2.24. The van der Waals surface area contributed by atoms with E-state index >= 15 is 0 Å². The summed E-state index contributed by atoms with van der Waals surface area (Å²) in [6.45, 7) is 3.62. The van der Waals surface area contributed by atoms with E-state index in [4.69, 9.17) is 0 Å². The van der Waals surface area contributed by atoms with Crippen LogP contribution in [0.2, 0.25) is 0 Å². The van der Waals surface area contributed by atoms with Crippen molar-refractivity contribution in [3.8, 4) is 0 Å².